The van der Waals surface area contributed by atoms with Crippen molar-refractivity contribution in [1.29, 1.82) is 0 Å². The summed E-state index contributed by atoms with van der Waals surface area (Å²) in [7, 11) is 0. The van der Waals surface area contributed by atoms with Crippen LogP contribution in [0.25, 0.3) is 10.9 Å². The molecule has 25 heavy (non-hydrogen) atoms. The zero-order chi connectivity index (χ0) is 17.1. The summed E-state index contributed by atoms with van der Waals surface area (Å²) in [5.41, 5.74) is 2.40. The second-order valence-electron chi connectivity index (χ2n) is 7.13. The second kappa shape index (κ2) is 7.50. The average molecular weight is 338 g/mol. The van der Waals surface area contributed by atoms with Gasteiger partial charge in [0.1, 0.15) is 0 Å². The van der Waals surface area contributed by atoms with Crippen molar-refractivity contribution in [2.45, 2.75) is 19.4 Å². The molecule has 3 heterocycles. The van der Waals surface area contributed by atoms with Gasteiger partial charge in [0.15, 0.2) is 0 Å². The summed E-state index contributed by atoms with van der Waals surface area (Å²) in [6.45, 7) is 7.38. The van der Waals surface area contributed by atoms with E-state index in [9.17, 15) is 4.79 Å². The van der Waals surface area contributed by atoms with E-state index in [2.05, 4.69) is 39.0 Å². The lowest BCUT2D eigenvalue weighted by molar-refractivity contribution is -0.131. The highest BCUT2D eigenvalue weighted by molar-refractivity contribution is 5.81. The molecular formula is C20H26N4O. The van der Waals surface area contributed by atoms with E-state index in [1.165, 1.54) is 23.8 Å². The molecule has 132 valence electrons. The largest absolute Gasteiger partial charge is 0.342 e. The third-order valence-corrected chi connectivity index (χ3v) is 5.39. The molecule has 0 saturated carbocycles. The number of amides is 1. The fraction of sp³-hybridized carbons (Fsp3) is 0.500. The normalized spacial score (nSPS) is 19.6. The van der Waals surface area contributed by atoms with Crippen LogP contribution in [0.4, 0.5) is 0 Å². The zero-order valence-electron chi connectivity index (χ0n) is 14.7. The second-order valence-corrected chi connectivity index (χ2v) is 7.13. The van der Waals surface area contributed by atoms with Crippen LogP contribution >= 0.6 is 0 Å². The molecular weight excluding hydrogens is 312 g/mol. The molecule has 5 heteroatoms. The lowest BCUT2D eigenvalue weighted by atomic mass is 10.1. The van der Waals surface area contributed by atoms with E-state index in [0.717, 1.165) is 51.3 Å². The van der Waals surface area contributed by atoms with Crippen LogP contribution in [0, 0.1) is 0 Å². The van der Waals surface area contributed by atoms with Crippen molar-refractivity contribution in [2.75, 3.05) is 45.8 Å². The van der Waals surface area contributed by atoms with E-state index >= 15 is 0 Å². The molecule has 1 aromatic heterocycles. The highest BCUT2D eigenvalue weighted by atomic mass is 16.2. The molecule has 2 saturated heterocycles. The molecule has 1 aromatic carbocycles. The predicted octanol–water partition coefficient (Wildman–Crippen LogP) is 1.97. The summed E-state index contributed by atoms with van der Waals surface area (Å²) in [5.74, 6) is 0.309. The zero-order valence-corrected chi connectivity index (χ0v) is 14.7. The maximum absolute atomic E-state index is 12.3. The summed E-state index contributed by atoms with van der Waals surface area (Å²) in [6, 6.07) is 10.5. The molecule has 1 amide bonds. The lowest BCUT2D eigenvalue weighted by Crippen LogP contribution is -2.49. The van der Waals surface area contributed by atoms with Gasteiger partial charge in [0.2, 0.25) is 5.91 Å². The van der Waals surface area contributed by atoms with Crippen LogP contribution in [0.2, 0.25) is 0 Å². The number of pyridine rings is 1. The van der Waals surface area contributed by atoms with Gasteiger partial charge in [-0.05, 0) is 24.5 Å². The highest BCUT2D eigenvalue weighted by Gasteiger charge is 2.23. The van der Waals surface area contributed by atoms with Crippen LogP contribution < -0.4 is 0 Å². The van der Waals surface area contributed by atoms with Crippen molar-refractivity contribution in [3.05, 3.63) is 42.1 Å². The van der Waals surface area contributed by atoms with Gasteiger partial charge >= 0.3 is 0 Å². The Morgan fingerprint density at radius 2 is 1.64 bits per heavy atom. The molecule has 2 aliphatic heterocycles. The fourth-order valence-corrected chi connectivity index (χ4v) is 3.90. The Hall–Kier alpha value is -1.98. The maximum Gasteiger partial charge on any atom is 0.236 e. The number of rotatable bonds is 4. The minimum absolute atomic E-state index is 0.309. The number of piperazine rings is 1. The monoisotopic (exact) mass is 338 g/mol. The van der Waals surface area contributed by atoms with Crippen molar-refractivity contribution in [2.24, 2.45) is 0 Å². The Balaban J connectivity index is 1.32. The molecule has 0 spiro atoms. The van der Waals surface area contributed by atoms with Crippen molar-refractivity contribution < 1.29 is 4.79 Å². The Bertz CT molecular complexity index is 728. The van der Waals surface area contributed by atoms with Crippen molar-refractivity contribution in [1.82, 2.24) is 19.7 Å². The number of hydrogen-bond donors (Lipinski definition) is 0. The molecule has 4 rings (SSSR count). The quantitative estimate of drug-likeness (QED) is 0.855. The number of carbonyl (C=O) groups is 1. The van der Waals surface area contributed by atoms with E-state index < -0.39 is 0 Å². The van der Waals surface area contributed by atoms with E-state index in [1.807, 2.05) is 17.2 Å². The first kappa shape index (κ1) is 16.5. The number of aromatic nitrogens is 1. The number of hydrogen-bond acceptors (Lipinski definition) is 4. The molecule has 0 atom stereocenters. The molecule has 2 aromatic rings. The molecule has 0 radical (unpaired) electrons. The Kier molecular flexibility index (Phi) is 4.95. The summed E-state index contributed by atoms with van der Waals surface area (Å²) in [5, 5.41) is 1.20. The van der Waals surface area contributed by atoms with Crippen molar-refractivity contribution in [3.8, 4) is 0 Å². The summed E-state index contributed by atoms with van der Waals surface area (Å²) in [4.78, 5) is 23.7. The minimum atomic E-state index is 0.309. The average Bonchev–Trinajstić information content (AvgIpc) is 3.19. The first-order chi connectivity index (χ1) is 12.3. The van der Waals surface area contributed by atoms with E-state index in [4.69, 9.17) is 0 Å². The maximum atomic E-state index is 12.3. The van der Waals surface area contributed by atoms with Gasteiger partial charge < -0.3 is 4.90 Å². The van der Waals surface area contributed by atoms with Crippen LogP contribution in [0.1, 0.15) is 18.4 Å². The number of carbonyl (C=O) groups excluding carboxylic acids is 1. The summed E-state index contributed by atoms with van der Waals surface area (Å²) < 4.78 is 0. The van der Waals surface area contributed by atoms with Crippen LogP contribution in [-0.2, 0) is 11.3 Å². The highest BCUT2D eigenvalue weighted by Crippen LogP contribution is 2.18. The van der Waals surface area contributed by atoms with Crippen LogP contribution in [0.15, 0.2) is 36.5 Å². The van der Waals surface area contributed by atoms with E-state index in [-0.39, 0.29) is 0 Å². The van der Waals surface area contributed by atoms with Crippen LogP contribution in [-0.4, -0.2) is 71.4 Å². The van der Waals surface area contributed by atoms with Gasteiger partial charge in [-0.25, -0.2) is 0 Å². The lowest BCUT2D eigenvalue weighted by Gasteiger charge is -2.35. The van der Waals surface area contributed by atoms with Crippen molar-refractivity contribution >= 4 is 16.8 Å². The first-order valence-corrected chi connectivity index (χ1v) is 9.35. The minimum Gasteiger partial charge on any atom is -0.342 e. The molecule has 0 bridgehead atoms. The fourth-order valence-electron chi connectivity index (χ4n) is 3.90. The first-order valence-electron chi connectivity index (χ1n) is 9.35. The molecule has 0 unspecified atom stereocenters. The summed E-state index contributed by atoms with van der Waals surface area (Å²) >= 11 is 0. The number of para-hydroxylation sites is 1. The molecule has 0 aliphatic carbocycles. The molecule has 5 nitrogen and oxygen atoms in total. The van der Waals surface area contributed by atoms with Crippen LogP contribution in [0.3, 0.4) is 0 Å². The SMILES string of the molecule is O=C(CN1CCN(Cc2cccc3cccnc23)CC1)N1CCCC1. The number of fused-ring (bicyclic) bond motifs is 1. The number of likely N-dealkylation sites (tertiary alicyclic amines) is 1. The van der Waals surface area contributed by atoms with Crippen molar-refractivity contribution in [3.63, 3.8) is 0 Å². The van der Waals surface area contributed by atoms with Crippen LogP contribution in [0.5, 0.6) is 0 Å². The standard InChI is InChI=1S/C20H26N4O/c25-19(24-9-1-2-10-24)16-23-13-11-22(12-14-23)15-18-6-3-5-17-7-4-8-21-20(17)18/h3-8H,1-2,9-16H2. The van der Waals surface area contributed by atoms with Gasteiger partial charge in [0, 0.05) is 57.4 Å². The van der Waals surface area contributed by atoms with Gasteiger partial charge in [-0.3, -0.25) is 19.6 Å². The Morgan fingerprint density at radius 1 is 0.920 bits per heavy atom. The van der Waals surface area contributed by atoms with Gasteiger partial charge in [-0.1, -0.05) is 24.3 Å². The number of benzene rings is 1. The van der Waals surface area contributed by atoms with Gasteiger partial charge in [-0.15, -0.1) is 0 Å². The third-order valence-electron chi connectivity index (χ3n) is 5.39. The molecule has 2 aliphatic rings. The van der Waals surface area contributed by atoms with Gasteiger partial charge in [0.05, 0.1) is 12.1 Å². The van der Waals surface area contributed by atoms with E-state index in [1.54, 1.807) is 0 Å². The topological polar surface area (TPSA) is 39.7 Å². The Labute approximate surface area is 149 Å². The Morgan fingerprint density at radius 3 is 2.44 bits per heavy atom. The number of nitrogens with zero attached hydrogens (tertiary/aromatic N) is 4. The molecule has 2 fully saturated rings. The van der Waals surface area contributed by atoms with Gasteiger partial charge in [-0.2, -0.15) is 0 Å². The molecule has 0 N–H and O–H groups in total. The van der Waals surface area contributed by atoms with E-state index in [0.29, 0.717) is 12.5 Å². The third kappa shape index (κ3) is 3.83. The smallest absolute Gasteiger partial charge is 0.236 e. The summed E-state index contributed by atoms with van der Waals surface area (Å²) in [6.07, 6.45) is 4.20. The van der Waals surface area contributed by atoms with Gasteiger partial charge in [0.25, 0.3) is 0 Å². The predicted molar refractivity (Wildman–Crippen MR) is 99.3 cm³/mol.